The van der Waals surface area contributed by atoms with Crippen molar-refractivity contribution in [2.45, 2.75) is 38.0 Å². The molecule has 0 spiro atoms. The van der Waals surface area contributed by atoms with E-state index in [0.29, 0.717) is 6.54 Å². The van der Waals surface area contributed by atoms with E-state index >= 15 is 0 Å². The molecular weight excluding hydrogens is 362 g/mol. The molecule has 2 rings (SSSR count). The molecule has 2 aromatic rings. The summed E-state index contributed by atoms with van der Waals surface area (Å²) in [7, 11) is -3.65. The normalized spacial score (nSPS) is 11.4. The predicted molar refractivity (Wildman–Crippen MR) is 109 cm³/mol. The lowest BCUT2D eigenvalue weighted by Crippen LogP contribution is -2.21. The van der Waals surface area contributed by atoms with Crippen molar-refractivity contribution in [1.29, 1.82) is 0 Å². The van der Waals surface area contributed by atoms with Crippen LogP contribution in [-0.4, -0.2) is 20.9 Å². The van der Waals surface area contributed by atoms with E-state index in [4.69, 9.17) is 5.14 Å². The maximum atomic E-state index is 12.1. The van der Waals surface area contributed by atoms with Crippen LogP contribution in [0.2, 0.25) is 0 Å². The number of amides is 1. The lowest BCUT2D eigenvalue weighted by atomic mass is 10.0. The van der Waals surface area contributed by atoms with Crippen LogP contribution in [0.1, 0.15) is 32.3 Å². The van der Waals surface area contributed by atoms with E-state index in [1.807, 2.05) is 38.1 Å². The quantitative estimate of drug-likeness (QED) is 0.612. The van der Waals surface area contributed by atoms with Crippen LogP contribution < -0.4 is 15.8 Å². The molecule has 0 saturated carbocycles. The Kier molecular flexibility index (Phi) is 7.38. The van der Waals surface area contributed by atoms with Crippen LogP contribution in [0.5, 0.6) is 0 Å². The summed E-state index contributed by atoms with van der Waals surface area (Å²) in [6.07, 6.45) is 2.42. The van der Waals surface area contributed by atoms with Crippen molar-refractivity contribution in [2.75, 3.05) is 17.2 Å². The second-order valence-corrected chi connectivity index (χ2v) is 8.01. The van der Waals surface area contributed by atoms with Crippen LogP contribution in [0.4, 0.5) is 11.4 Å². The molecule has 2 aromatic carbocycles. The standard InChI is InChI=1S/C20H27N3O3S/c1-3-16(4-2)20(24)23-18-9-7-17(8-10-18)22-14-13-15-5-11-19(12-6-15)27(21,25)26/h5-12,16,22H,3-4,13-14H2,1-2H3,(H,23,24)(H2,21,25,26). The third kappa shape index (κ3) is 6.37. The number of nitrogens with two attached hydrogens (primary N) is 1. The Bertz CT molecular complexity index is 843. The predicted octanol–water partition coefficient (Wildman–Crippen LogP) is 3.36. The first-order valence-electron chi connectivity index (χ1n) is 9.10. The highest BCUT2D eigenvalue weighted by atomic mass is 32.2. The minimum absolute atomic E-state index is 0.0449. The van der Waals surface area contributed by atoms with Crippen LogP contribution in [0.15, 0.2) is 53.4 Å². The van der Waals surface area contributed by atoms with Crippen molar-refractivity contribution in [3.8, 4) is 0 Å². The number of hydrogen-bond donors (Lipinski definition) is 3. The maximum Gasteiger partial charge on any atom is 0.238 e. The summed E-state index contributed by atoms with van der Waals surface area (Å²) in [6.45, 7) is 4.74. The summed E-state index contributed by atoms with van der Waals surface area (Å²) in [4.78, 5) is 12.2. The van der Waals surface area contributed by atoms with Crippen LogP contribution in [-0.2, 0) is 21.2 Å². The monoisotopic (exact) mass is 389 g/mol. The average Bonchev–Trinajstić information content (AvgIpc) is 2.64. The molecule has 0 aliphatic rings. The Morgan fingerprint density at radius 3 is 2.04 bits per heavy atom. The van der Waals surface area contributed by atoms with E-state index in [1.165, 1.54) is 12.1 Å². The molecule has 0 unspecified atom stereocenters. The van der Waals surface area contributed by atoms with Gasteiger partial charge in [0.15, 0.2) is 0 Å². The number of carbonyl (C=O) groups is 1. The van der Waals surface area contributed by atoms with Crippen LogP contribution in [0, 0.1) is 5.92 Å². The van der Waals surface area contributed by atoms with Crippen LogP contribution >= 0.6 is 0 Å². The summed E-state index contributed by atoms with van der Waals surface area (Å²) in [6, 6.07) is 14.2. The summed E-state index contributed by atoms with van der Waals surface area (Å²) < 4.78 is 22.5. The zero-order valence-corrected chi connectivity index (χ0v) is 16.6. The average molecular weight is 390 g/mol. The lowest BCUT2D eigenvalue weighted by Gasteiger charge is -2.13. The molecule has 0 bridgehead atoms. The second kappa shape index (κ2) is 9.53. The molecule has 1 amide bonds. The molecule has 0 saturated heterocycles. The van der Waals surface area contributed by atoms with Gasteiger partial charge in [0.25, 0.3) is 0 Å². The van der Waals surface area contributed by atoms with Gasteiger partial charge >= 0.3 is 0 Å². The molecule has 7 heteroatoms. The highest BCUT2D eigenvalue weighted by Gasteiger charge is 2.13. The third-order valence-electron chi connectivity index (χ3n) is 4.50. The fourth-order valence-electron chi connectivity index (χ4n) is 2.77. The highest BCUT2D eigenvalue weighted by molar-refractivity contribution is 7.89. The number of anilines is 2. The molecule has 0 radical (unpaired) electrons. The minimum atomic E-state index is -3.65. The van der Waals surface area contributed by atoms with Gasteiger partial charge in [0, 0.05) is 23.8 Å². The molecule has 0 heterocycles. The summed E-state index contributed by atoms with van der Waals surface area (Å²) in [5.41, 5.74) is 2.76. The van der Waals surface area contributed by atoms with Crippen LogP contribution in [0.25, 0.3) is 0 Å². The summed E-state index contributed by atoms with van der Waals surface area (Å²) >= 11 is 0. The zero-order valence-electron chi connectivity index (χ0n) is 15.7. The van der Waals surface area contributed by atoms with Gasteiger partial charge < -0.3 is 10.6 Å². The van der Waals surface area contributed by atoms with E-state index in [-0.39, 0.29) is 16.7 Å². The Labute approximate surface area is 161 Å². The first kappa shape index (κ1) is 20.9. The third-order valence-corrected chi connectivity index (χ3v) is 5.43. The van der Waals surface area contributed by atoms with E-state index in [9.17, 15) is 13.2 Å². The molecule has 0 aliphatic heterocycles. The molecule has 0 aliphatic carbocycles. The van der Waals surface area contributed by atoms with E-state index in [0.717, 1.165) is 36.2 Å². The molecule has 6 nitrogen and oxygen atoms in total. The number of sulfonamides is 1. The molecule has 27 heavy (non-hydrogen) atoms. The second-order valence-electron chi connectivity index (χ2n) is 6.45. The lowest BCUT2D eigenvalue weighted by molar-refractivity contribution is -0.120. The first-order chi connectivity index (χ1) is 12.8. The minimum Gasteiger partial charge on any atom is -0.385 e. The van der Waals surface area contributed by atoms with Crippen molar-refractivity contribution in [2.24, 2.45) is 11.1 Å². The van der Waals surface area contributed by atoms with Gasteiger partial charge in [-0.1, -0.05) is 26.0 Å². The van der Waals surface area contributed by atoms with Gasteiger partial charge in [-0.2, -0.15) is 0 Å². The fourth-order valence-corrected chi connectivity index (χ4v) is 3.29. The summed E-state index contributed by atoms with van der Waals surface area (Å²) in [5.74, 6) is 0.104. The van der Waals surface area contributed by atoms with Crippen molar-refractivity contribution >= 4 is 27.3 Å². The Hall–Kier alpha value is -2.38. The Balaban J connectivity index is 1.84. The largest absolute Gasteiger partial charge is 0.385 e. The molecule has 0 atom stereocenters. The molecule has 0 aromatic heterocycles. The van der Waals surface area contributed by atoms with E-state index in [2.05, 4.69) is 10.6 Å². The number of rotatable bonds is 9. The fraction of sp³-hybridized carbons (Fsp3) is 0.350. The van der Waals surface area contributed by atoms with Gasteiger partial charge in [-0.15, -0.1) is 0 Å². The van der Waals surface area contributed by atoms with Gasteiger partial charge in [-0.25, -0.2) is 13.6 Å². The first-order valence-corrected chi connectivity index (χ1v) is 10.6. The van der Waals surface area contributed by atoms with Crippen LogP contribution in [0.3, 0.4) is 0 Å². The highest BCUT2D eigenvalue weighted by Crippen LogP contribution is 2.17. The molecule has 0 fully saturated rings. The van der Waals surface area contributed by atoms with Crippen molar-refractivity contribution in [1.82, 2.24) is 0 Å². The van der Waals surface area contributed by atoms with Gasteiger partial charge in [0.1, 0.15) is 0 Å². The SMILES string of the molecule is CCC(CC)C(=O)Nc1ccc(NCCc2ccc(S(N)(=O)=O)cc2)cc1. The molecule has 4 N–H and O–H groups in total. The van der Waals surface area contributed by atoms with Gasteiger partial charge in [-0.05, 0) is 61.2 Å². The molecular formula is C20H27N3O3S. The summed E-state index contributed by atoms with van der Waals surface area (Å²) in [5, 5.41) is 11.3. The van der Waals surface area contributed by atoms with Gasteiger partial charge in [-0.3, -0.25) is 4.79 Å². The van der Waals surface area contributed by atoms with Gasteiger partial charge in [0.05, 0.1) is 4.90 Å². The van der Waals surface area contributed by atoms with E-state index in [1.54, 1.807) is 12.1 Å². The number of benzene rings is 2. The topological polar surface area (TPSA) is 101 Å². The van der Waals surface area contributed by atoms with Crippen molar-refractivity contribution in [3.63, 3.8) is 0 Å². The number of carbonyl (C=O) groups excluding carboxylic acids is 1. The zero-order chi connectivity index (χ0) is 19.9. The number of nitrogens with one attached hydrogen (secondary N) is 2. The maximum absolute atomic E-state index is 12.1. The number of hydrogen-bond acceptors (Lipinski definition) is 4. The number of primary sulfonamides is 1. The smallest absolute Gasteiger partial charge is 0.238 e. The Morgan fingerprint density at radius 2 is 1.52 bits per heavy atom. The van der Waals surface area contributed by atoms with E-state index < -0.39 is 10.0 Å². The van der Waals surface area contributed by atoms with Gasteiger partial charge in [0.2, 0.25) is 15.9 Å². The molecule has 146 valence electrons. The van der Waals surface area contributed by atoms with Crippen molar-refractivity contribution < 1.29 is 13.2 Å². The van der Waals surface area contributed by atoms with Crippen molar-refractivity contribution in [3.05, 3.63) is 54.1 Å². The Morgan fingerprint density at radius 1 is 0.963 bits per heavy atom.